The monoisotopic (exact) mass is 176 g/mol. The van der Waals surface area contributed by atoms with Crippen LogP contribution in [-0.4, -0.2) is 11.5 Å². The third-order valence-corrected chi connectivity index (χ3v) is 1.96. The predicted molar refractivity (Wildman–Crippen MR) is 55.5 cm³/mol. The van der Waals surface area contributed by atoms with Crippen LogP contribution in [0, 0.1) is 0 Å². The molecular formula is C11H16N2. The van der Waals surface area contributed by atoms with Crippen LogP contribution in [0.5, 0.6) is 0 Å². The van der Waals surface area contributed by atoms with Gasteiger partial charge in [-0.1, -0.05) is 18.2 Å². The maximum Gasteiger partial charge on any atom is 0.0315 e. The number of aromatic nitrogens is 1. The summed E-state index contributed by atoms with van der Waals surface area (Å²) in [5, 5.41) is 3.37. The van der Waals surface area contributed by atoms with Gasteiger partial charge in [0.1, 0.15) is 0 Å². The molecule has 70 valence electrons. The van der Waals surface area contributed by atoms with Crippen molar-refractivity contribution >= 4 is 0 Å². The lowest BCUT2D eigenvalue weighted by Gasteiger charge is -2.11. The predicted octanol–water partition coefficient (Wildman–Crippen LogP) is 2.31. The van der Waals surface area contributed by atoms with E-state index in [4.69, 9.17) is 0 Å². The lowest BCUT2D eigenvalue weighted by atomic mass is 10.1. The number of rotatable bonds is 4. The van der Waals surface area contributed by atoms with Crippen LogP contribution in [0.1, 0.15) is 25.5 Å². The number of hydrogen-bond acceptors (Lipinski definition) is 2. The Morgan fingerprint density at radius 3 is 3.08 bits per heavy atom. The number of allylic oxidation sites excluding steroid dienone is 1. The zero-order valence-electron chi connectivity index (χ0n) is 8.20. The van der Waals surface area contributed by atoms with E-state index in [1.807, 2.05) is 25.3 Å². The van der Waals surface area contributed by atoms with Crippen molar-refractivity contribution in [3.8, 4) is 0 Å². The lowest BCUT2D eigenvalue weighted by molar-refractivity contribution is 0.615. The van der Waals surface area contributed by atoms with Gasteiger partial charge >= 0.3 is 0 Å². The average Bonchev–Trinajstić information content (AvgIpc) is 2.19. The summed E-state index contributed by atoms with van der Waals surface area (Å²) in [4.78, 5) is 4.08. The SMILES string of the molecule is C/C=C/CN[C@H](C)c1cccnc1. The normalized spacial score (nSPS) is 13.4. The van der Waals surface area contributed by atoms with Gasteiger partial charge in [-0.15, -0.1) is 0 Å². The van der Waals surface area contributed by atoms with Gasteiger partial charge in [-0.3, -0.25) is 4.98 Å². The largest absolute Gasteiger partial charge is 0.307 e. The number of nitrogens with zero attached hydrogens (tertiary/aromatic N) is 1. The standard InChI is InChI=1S/C11H16N2/c1-3-4-8-13-10(2)11-6-5-7-12-9-11/h3-7,9-10,13H,8H2,1-2H3/b4-3+/t10-/m1/s1. The Morgan fingerprint density at radius 2 is 2.46 bits per heavy atom. The van der Waals surface area contributed by atoms with E-state index in [2.05, 4.69) is 29.4 Å². The molecular weight excluding hydrogens is 160 g/mol. The van der Waals surface area contributed by atoms with Crippen molar-refractivity contribution in [1.29, 1.82) is 0 Å². The molecule has 1 heterocycles. The van der Waals surface area contributed by atoms with Gasteiger partial charge < -0.3 is 5.32 Å². The van der Waals surface area contributed by atoms with E-state index in [1.54, 1.807) is 6.20 Å². The van der Waals surface area contributed by atoms with Crippen LogP contribution in [0.15, 0.2) is 36.7 Å². The molecule has 1 aromatic heterocycles. The molecule has 1 aromatic rings. The molecule has 1 atom stereocenters. The summed E-state index contributed by atoms with van der Waals surface area (Å²) in [6, 6.07) is 4.41. The van der Waals surface area contributed by atoms with E-state index < -0.39 is 0 Å². The van der Waals surface area contributed by atoms with Crippen LogP contribution in [0.3, 0.4) is 0 Å². The number of hydrogen-bond donors (Lipinski definition) is 1. The van der Waals surface area contributed by atoms with Gasteiger partial charge in [0.05, 0.1) is 0 Å². The summed E-state index contributed by atoms with van der Waals surface area (Å²) in [5.74, 6) is 0. The minimum Gasteiger partial charge on any atom is -0.307 e. The Balaban J connectivity index is 2.44. The van der Waals surface area contributed by atoms with Gasteiger partial charge in [-0.2, -0.15) is 0 Å². The Bertz CT molecular complexity index is 254. The average molecular weight is 176 g/mol. The van der Waals surface area contributed by atoms with Crippen LogP contribution in [0.25, 0.3) is 0 Å². The highest BCUT2D eigenvalue weighted by Gasteiger charge is 2.01. The first kappa shape index (κ1) is 9.93. The summed E-state index contributed by atoms with van der Waals surface area (Å²) in [5.41, 5.74) is 1.23. The molecule has 0 fully saturated rings. The van der Waals surface area contributed by atoms with Gasteiger partial charge in [0, 0.05) is 25.0 Å². The molecule has 0 aliphatic carbocycles. The summed E-state index contributed by atoms with van der Waals surface area (Å²) in [6.07, 6.45) is 7.84. The van der Waals surface area contributed by atoms with E-state index >= 15 is 0 Å². The van der Waals surface area contributed by atoms with E-state index in [-0.39, 0.29) is 0 Å². The van der Waals surface area contributed by atoms with Crippen molar-refractivity contribution in [2.45, 2.75) is 19.9 Å². The van der Waals surface area contributed by atoms with Crippen LogP contribution in [0.2, 0.25) is 0 Å². The van der Waals surface area contributed by atoms with E-state index in [1.165, 1.54) is 5.56 Å². The highest BCUT2D eigenvalue weighted by Crippen LogP contribution is 2.08. The molecule has 0 radical (unpaired) electrons. The third-order valence-electron chi connectivity index (χ3n) is 1.96. The number of nitrogens with one attached hydrogen (secondary N) is 1. The molecule has 0 saturated heterocycles. The van der Waals surface area contributed by atoms with Crippen LogP contribution >= 0.6 is 0 Å². The molecule has 0 aromatic carbocycles. The first-order valence-corrected chi connectivity index (χ1v) is 4.59. The molecule has 0 saturated carbocycles. The van der Waals surface area contributed by atoms with Crippen molar-refractivity contribution in [2.75, 3.05) is 6.54 Å². The van der Waals surface area contributed by atoms with Crippen molar-refractivity contribution in [3.05, 3.63) is 42.2 Å². The fourth-order valence-electron chi connectivity index (χ4n) is 1.11. The molecule has 2 heteroatoms. The molecule has 1 rings (SSSR count). The topological polar surface area (TPSA) is 24.9 Å². The first-order chi connectivity index (χ1) is 6.34. The zero-order valence-corrected chi connectivity index (χ0v) is 8.20. The molecule has 0 aliphatic heterocycles. The van der Waals surface area contributed by atoms with E-state index in [0.29, 0.717) is 6.04 Å². The van der Waals surface area contributed by atoms with Crippen molar-refractivity contribution in [1.82, 2.24) is 10.3 Å². The smallest absolute Gasteiger partial charge is 0.0315 e. The van der Waals surface area contributed by atoms with Crippen molar-refractivity contribution in [2.24, 2.45) is 0 Å². The minimum absolute atomic E-state index is 0.366. The second-order valence-corrected chi connectivity index (χ2v) is 2.99. The fraction of sp³-hybridized carbons (Fsp3) is 0.364. The van der Waals surface area contributed by atoms with E-state index in [0.717, 1.165) is 6.54 Å². The van der Waals surface area contributed by atoms with Crippen molar-refractivity contribution in [3.63, 3.8) is 0 Å². The van der Waals surface area contributed by atoms with Gasteiger partial charge in [-0.05, 0) is 25.5 Å². The van der Waals surface area contributed by atoms with E-state index in [9.17, 15) is 0 Å². The van der Waals surface area contributed by atoms with Gasteiger partial charge in [0.2, 0.25) is 0 Å². The Hall–Kier alpha value is -1.15. The molecule has 0 spiro atoms. The Morgan fingerprint density at radius 1 is 1.62 bits per heavy atom. The molecule has 2 nitrogen and oxygen atoms in total. The highest BCUT2D eigenvalue weighted by molar-refractivity contribution is 5.12. The summed E-state index contributed by atoms with van der Waals surface area (Å²) >= 11 is 0. The van der Waals surface area contributed by atoms with Crippen LogP contribution in [0.4, 0.5) is 0 Å². The fourth-order valence-corrected chi connectivity index (χ4v) is 1.11. The molecule has 13 heavy (non-hydrogen) atoms. The van der Waals surface area contributed by atoms with Crippen LogP contribution < -0.4 is 5.32 Å². The molecule has 0 aliphatic rings. The second-order valence-electron chi connectivity index (χ2n) is 2.99. The number of pyridine rings is 1. The maximum atomic E-state index is 4.08. The van der Waals surface area contributed by atoms with Gasteiger partial charge in [0.15, 0.2) is 0 Å². The third kappa shape index (κ3) is 3.38. The molecule has 0 bridgehead atoms. The van der Waals surface area contributed by atoms with Gasteiger partial charge in [-0.25, -0.2) is 0 Å². The zero-order chi connectivity index (χ0) is 9.52. The molecule has 0 unspecified atom stereocenters. The maximum absolute atomic E-state index is 4.08. The molecule has 0 amide bonds. The Labute approximate surface area is 79.7 Å². The summed E-state index contributed by atoms with van der Waals surface area (Å²) in [7, 11) is 0. The quantitative estimate of drug-likeness (QED) is 0.712. The van der Waals surface area contributed by atoms with Crippen molar-refractivity contribution < 1.29 is 0 Å². The minimum atomic E-state index is 0.366. The van der Waals surface area contributed by atoms with Crippen LogP contribution in [-0.2, 0) is 0 Å². The summed E-state index contributed by atoms with van der Waals surface area (Å²) in [6.45, 7) is 5.07. The second kappa shape index (κ2) is 5.49. The molecule has 1 N–H and O–H groups in total. The highest BCUT2D eigenvalue weighted by atomic mass is 14.9. The first-order valence-electron chi connectivity index (χ1n) is 4.59. The summed E-state index contributed by atoms with van der Waals surface area (Å²) < 4.78 is 0. The Kier molecular flexibility index (Phi) is 4.19. The lowest BCUT2D eigenvalue weighted by Crippen LogP contribution is -2.18. The van der Waals surface area contributed by atoms with Gasteiger partial charge in [0.25, 0.3) is 0 Å².